The molecule has 5 heterocycles. The highest BCUT2D eigenvalue weighted by atomic mass is 16.4. The zero-order valence-corrected chi connectivity index (χ0v) is 30.1. The first-order valence-corrected chi connectivity index (χ1v) is 18.0. The van der Waals surface area contributed by atoms with Crippen LogP contribution >= 0.6 is 0 Å². The molecule has 2 aliphatic heterocycles. The summed E-state index contributed by atoms with van der Waals surface area (Å²) >= 11 is 0. The van der Waals surface area contributed by atoms with Crippen LogP contribution in [0.4, 0.5) is 0 Å². The van der Waals surface area contributed by atoms with Gasteiger partial charge in [0.1, 0.15) is 0 Å². The molecular formula is C48H36N4O2. The van der Waals surface area contributed by atoms with Gasteiger partial charge in [0.2, 0.25) is 0 Å². The first kappa shape index (κ1) is 32.8. The fourth-order valence-electron chi connectivity index (χ4n) is 7.45. The van der Waals surface area contributed by atoms with Gasteiger partial charge in [-0.1, -0.05) is 108 Å². The number of H-pyrrole nitrogens is 2. The number of carboxylic acids is 1. The van der Waals surface area contributed by atoms with Crippen molar-refractivity contribution in [2.45, 2.75) is 20.8 Å². The lowest BCUT2D eigenvalue weighted by atomic mass is 9.98. The topological polar surface area (TPSA) is 94.7 Å². The van der Waals surface area contributed by atoms with Crippen molar-refractivity contribution in [1.29, 1.82) is 0 Å². The van der Waals surface area contributed by atoms with Crippen LogP contribution in [0.5, 0.6) is 0 Å². The molecule has 0 atom stereocenters. The van der Waals surface area contributed by atoms with Gasteiger partial charge in [-0.15, -0.1) is 0 Å². The van der Waals surface area contributed by atoms with Crippen molar-refractivity contribution in [3.05, 3.63) is 166 Å². The number of fused-ring (bicyclic) bond motifs is 8. The lowest BCUT2D eigenvalue weighted by Gasteiger charge is -2.09. The van der Waals surface area contributed by atoms with Crippen molar-refractivity contribution in [2.75, 3.05) is 0 Å². The third-order valence-electron chi connectivity index (χ3n) is 10.2. The summed E-state index contributed by atoms with van der Waals surface area (Å²) in [6.07, 6.45) is 8.19. The van der Waals surface area contributed by atoms with Crippen LogP contribution in [-0.2, 0) is 0 Å². The molecule has 0 unspecified atom stereocenters. The van der Waals surface area contributed by atoms with E-state index in [0.29, 0.717) is 16.8 Å². The fraction of sp³-hybridized carbons (Fsp3) is 0.0625. The Kier molecular flexibility index (Phi) is 8.01. The highest BCUT2D eigenvalue weighted by molar-refractivity contribution is 6.03. The summed E-state index contributed by atoms with van der Waals surface area (Å²) in [7, 11) is 0. The lowest BCUT2D eigenvalue weighted by Crippen LogP contribution is -2.00. The van der Waals surface area contributed by atoms with Gasteiger partial charge in [0.25, 0.3) is 0 Å². The summed E-state index contributed by atoms with van der Waals surface area (Å²) in [4.78, 5) is 30.8. The summed E-state index contributed by atoms with van der Waals surface area (Å²) in [6.45, 7) is 6.26. The van der Waals surface area contributed by atoms with E-state index in [1.54, 1.807) is 12.1 Å². The van der Waals surface area contributed by atoms with Gasteiger partial charge in [-0.05, 0) is 92.1 Å². The molecule has 8 bridgehead atoms. The highest BCUT2D eigenvalue weighted by Crippen LogP contribution is 2.39. The Bertz CT molecular complexity index is 2810. The number of aromatic nitrogens is 4. The first-order valence-electron chi connectivity index (χ1n) is 18.0. The van der Waals surface area contributed by atoms with Crippen LogP contribution in [0.25, 0.3) is 90.9 Å². The third-order valence-corrected chi connectivity index (χ3v) is 10.2. The second-order valence-electron chi connectivity index (χ2n) is 14.0. The van der Waals surface area contributed by atoms with Crippen molar-refractivity contribution in [1.82, 2.24) is 19.9 Å². The summed E-state index contributed by atoms with van der Waals surface area (Å²) in [5.41, 5.74) is 17.5. The molecule has 3 aromatic heterocycles. The minimum atomic E-state index is -1.00. The molecule has 7 aromatic rings. The van der Waals surface area contributed by atoms with Crippen molar-refractivity contribution in [3.8, 4) is 44.5 Å². The second-order valence-corrected chi connectivity index (χ2v) is 14.0. The Morgan fingerprint density at radius 1 is 0.444 bits per heavy atom. The number of carbonyl (C=O) groups is 1. The minimum absolute atomic E-state index is 0.198. The zero-order valence-electron chi connectivity index (χ0n) is 30.1. The predicted molar refractivity (Wildman–Crippen MR) is 222 cm³/mol. The number of benzene rings is 4. The van der Waals surface area contributed by atoms with Crippen LogP contribution in [0.2, 0.25) is 0 Å². The SMILES string of the molecule is Cc1ccc(-c2c3nc(c(-c4ccc(C)cc4)c4ccc([nH]4)c(-c4ccccc4C(=O)O)c4nc(c(-c5ccc(C)cc5)c5ccc2[nH]5)C=C4)C=C3)cc1. The number of aromatic carboxylic acids is 1. The average molecular weight is 701 g/mol. The van der Waals surface area contributed by atoms with E-state index in [4.69, 9.17) is 9.97 Å². The van der Waals surface area contributed by atoms with Crippen molar-refractivity contribution in [3.63, 3.8) is 0 Å². The van der Waals surface area contributed by atoms with Crippen LogP contribution in [0.1, 0.15) is 49.8 Å². The average Bonchev–Trinajstić information content (AvgIpc) is 4.02. The molecule has 6 heteroatoms. The molecule has 0 saturated heterocycles. The van der Waals surface area contributed by atoms with E-state index in [0.717, 1.165) is 83.7 Å². The van der Waals surface area contributed by atoms with Crippen LogP contribution in [0.15, 0.2) is 121 Å². The van der Waals surface area contributed by atoms with E-state index in [2.05, 4.69) is 134 Å². The van der Waals surface area contributed by atoms with Gasteiger partial charge in [0.05, 0.1) is 28.3 Å². The lowest BCUT2D eigenvalue weighted by molar-refractivity contribution is 0.0697. The van der Waals surface area contributed by atoms with Crippen molar-refractivity contribution >= 4 is 52.3 Å². The van der Waals surface area contributed by atoms with Gasteiger partial charge in [-0.25, -0.2) is 14.8 Å². The fourth-order valence-corrected chi connectivity index (χ4v) is 7.45. The Balaban J connectivity index is 1.48. The normalized spacial score (nSPS) is 12.0. The summed E-state index contributed by atoms with van der Waals surface area (Å²) in [5.74, 6) is -1.00. The molecule has 260 valence electrons. The monoisotopic (exact) mass is 700 g/mol. The molecule has 6 nitrogen and oxygen atoms in total. The Hall–Kier alpha value is -7.05. The Morgan fingerprint density at radius 3 is 1.15 bits per heavy atom. The van der Waals surface area contributed by atoms with E-state index in [1.807, 2.05) is 30.4 Å². The largest absolute Gasteiger partial charge is 0.478 e. The molecular weight excluding hydrogens is 665 g/mol. The Labute approximate surface area is 312 Å². The highest BCUT2D eigenvalue weighted by Gasteiger charge is 2.21. The zero-order chi connectivity index (χ0) is 36.9. The van der Waals surface area contributed by atoms with Crippen LogP contribution in [0.3, 0.4) is 0 Å². The van der Waals surface area contributed by atoms with Crippen LogP contribution in [-0.4, -0.2) is 31.0 Å². The molecule has 3 N–H and O–H groups in total. The van der Waals surface area contributed by atoms with E-state index in [-0.39, 0.29) is 5.56 Å². The van der Waals surface area contributed by atoms with E-state index >= 15 is 0 Å². The number of aromatic amines is 2. The minimum Gasteiger partial charge on any atom is -0.478 e. The molecule has 54 heavy (non-hydrogen) atoms. The van der Waals surface area contributed by atoms with Gasteiger partial charge in [-0.2, -0.15) is 0 Å². The molecule has 0 aliphatic carbocycles. The molecule has 0 spiro atoms. The van der Waals surface area contributed by atoms with E-state index < -0.39 is 5.97 Å². The summed E-state index contributed by atoms with van der Waals surface area (Å²) in [5, 5.41) is 10.4. The maximum absolute atomic E-state index is 12.7. The number of carboxylic acid groups (broad SMARTS) is 1. The molecule has 0 saturated carbocycles. The third kappa shape index (κ3) is 5.84. The van der Waals surface area contributed by atoms with E-state index in [1.165, 1.54) is 5.56 Å². The first-order chi connectivity index (χ1) is 26.3. The predicted octanol–water partition coefficient (Wildman–Crippen LogP) is 11.9. The van der Waals surface area contributed by atoms with E-state index in [9.17, 15) is 9.90 Å². The smallest absolute Gasteiger partial charge is 0.336 e. The molecule has 0 fully saturated rings. The van der Waals surface area contributed by atoms with Crippen molar-refractivity contribution in [2.24, 2.45) is 0 Å². The van der Waals surface area contributed by atoms with Crippen LogP contribution in [0, 0.1) is 20.8 Å². The number of hydrogen-bond donors (Lipinski definition) is 3. The van der Waals surface area contributed by atoms with Gasteiger partial charge in [0.15, 0.2) is 0 Å². The molecule has 0 radical (unpaired) electrons. The maximum atomic E-state index is 12.7. The van der Waals surface area contributed by atoms with Gasteiger partial charge in [0, 0.05) is 49.9 Å². The van der Waals surface area contributed by atoms with Crippen LogP contribution < -0.4 is 0 Å². The molecule has 9 rings (SSSR count). The molecule has 0 amide bonds. The van der Waals surface area contributed by atoms with Gasteiger partial charge >= 0.3 is 5.97 Å². The number of rotatable bonds is 5. The summed E-state index contributed by atoms with van der Waals surface area (Å²) in [6, 6.07) is 40.9. The number of hydrogen-bond acceptors (Lipinski definition) is 3. The number of nitrogens with zero attached hydrogens (tertiary/aromatic N) is 2. The Morgan fingerprint density at radius 2 is 0.778 bits per heavy atom. The van der Waals surface area contributed by atoms with Gasteiger partial charge in [-0.3, -0.25) is 0 Å². The maximum Gasteiger partial charge on any atom is 0.336 e. The van der Waals surface area contributed by atoms with Gasteiger partial charge < -0.3 is 15.1 Å². The summed E-state index contributed by atoms with van der Waals surface area (Å²) < 4.78 is 0. The number of nitrogens with one attached hydrogen (secondary N) is 2. The quantitative estimate of drug-likeness (QED) is 0.167. The standard InChI is InChI=1S/C48H36N4O2/c1-28-8-14-31(15-9-28)44-36-20-22-38(49-36)45(32-16-10-29(2)11-17-32)40-24-26-42(51-40)47(34-6-4-5-7-35(34)48(53)54)43-27-25-41(52-43)46(39-23-21-37(44)50-39)33-18-12-30(3)13-19-33/h4-27,49,52H,1-3H3,(H,53,54). The molecule has 4 aromatic carbocycles. The second kappa shape index (κ2) is 13.2. The van der Waals surface area contributed by atoms with Crippen molar-refractivity contribution < 1.29 is 9.90 Å². The molecule has 2 aliphatic rings. The number of aryl methyl sites for hydroxylation is 3.